The minimum Gasteiger partial charge on any atom is -0.441 e. The van der Waals surface area contributed by atoms with Crippen LogP contribution in [0.15, 0.2) is 18.2 Å². The van der Waals surface area contributed by atoms with E-state index >= 15 is 0 Å². The van der Waals surface area contributed by atoms with E-state index in [1.807, 2.05) is 4.90 Å². The average Bonchev–Trinajstić information content (AvgIpc) is 3.24. The zero-order valence-corrected chi connectivity index (χ0v) is 21.4. The smallest absolute Gasteiger partial charge is 0.414 e. The first-order valence-electron chi connectivity index (χ1n) is 10.7. The fourth-order valence-electron chi connectivity index (χ4n) is 3.58. The molecule has 8 nitrogen and oxygen atoms in total. The highest BCUT2D eigenvalue weighted by Crippen LogP contribution is 2.39. The first kappa shape index (κ1) is 24.9. The molecule has 3 rings (SSSR count). The van der Waals surface area contributed by atoms with E-state index in [1.165, 1.54) is 11.0 Å². The van der Waals surface area contributed by atoms with Crippen LogP contribution < -0.4 is 9.80 Å². The van der Waals surface area contributed by atoms with Gasteiger partial charge in [-0.15, -0.1) is 0 Å². The summed E-state index contributed by atoms with van der Waals surface area (Å²) in [5, 5.41) is 0.113. The molecule has 2 atom stereocenters. The van der Waals surface area contributed by atoms with Gasteiger partial charge in [0.2, 0.25) is 0 Å². The number of rotatable bonds is 7. The second kappa shape index (κ2) is 8.92. The number of halogens is 1. The van der Waals surface area contributed by atoms with Gasteiger partial charge in [-0.2, -0.15) is 8.42 Å². The van der Waals surface area contributed by atoms with E-state index in [-0.39, 0.29) is 24.3 Å². The van der Waals surface area contributed by atoms with Gasteiger partial charge in [-0.1, -0.05) is 20.8 Å². The van der Waals surface area contributed by atoms with Crippen LogP contribution in [-0.2, 0) is 23.5 Å². The van der Waals surface area contributed by atoms with Crippen molar-refractivity contribution in [1.82, 2.24) is 0 Å². The summed E-state index contributed by atoms with van der Waals surface area (Å²) in [5.41, 5.74) is 0.825. The molecule has 2 fully saturated rings. The van der Waals surface area contributed by atoms with Crippen LogP contribution in [0.4, 0.5) is 20.6 Å². The Hall–Kier alpha value is -1.69. The van der Waals surface area contributed by atoms with Gasteiger partial charge < -0.3 is 14.1 Å². The van der Waals surface area contributed by atoms with E-state index in [4.69, 9.17) is 13.3 Å². The molecule has 180 valence electrons. The SMILES string of the molecule is CC(C)(C)[Si](C)(C)OC1CCN(c2ccc(N3C[C@@H](COS(C)(=O)=O)OC3=O)cc2F)C1. The number of carbonyl (C=O) groups excluding carboxylic acids is 1. The molecule has 0 aromatic heterocycles. The maximum absolute atomic E-state index is 15.0. The van der Waals surface area contributed by atoms with Gasteiger partial charge in [0.15, 0.2) is 8.32 Å². The summed E-state index contributed by atoms with van der Waals surface area (Å²) in [6.07, 6.45) is 0.429. The summed E-state index contributed by atoms with van der Waals surface area (Å²) in [6, 6.07) is 4.63. The van der Waals surface area contributed by atoms with Crippen molar-refractivity contribution >= 4 is 35.9 Å². The van der Waals surface area contributed by atoms with Crippen molar-refractivity contribution < 1.29 is 30.9 Å². The lowest BCUT2D eigenvalue weighted by molar-refractivity contribution is 0.107. The largest absolute Gasteiger partial charge is 0.441 e. The first-order chi connectivity index (χ1) is 14.7. The molecule has 0 aliphatic carbocycles. The lowest BCUT2D eigenvalue weighted by Gasteiger charge is -2.38. The summed E-state index contributed by atoms with van der Waals surface area (Å²) in [7, 11) is -5.54. The predicted molar refractivity (Wildman–Crippen MR) is 124 cm³/mol. The lowest BCUT2D eigenvalue weighted by Crippen LogP contribution is -2.44. The predicted octanol–water partition coefficient (Wildman–Crippen LogP) is 3.73. The van der Waals surface area contributed by atoms with Gasteiger partial charge in [-0.3, -0.25) is 9.08 Å². The van der Waals surface area contributed by atoms with Gasteiger partial charge in [0.05, 0.1) is 30.3 Å². The quantitative estimate of drug-likeness (QED) is 0.427. The summed E-state index contributed by atoms with van der Waals surface area (Å²) in [6.45, 7) is 12.2. The second-order valence-corrected chi connectivity index (χ2v) is 16.4. The van der Waals surface area contributed by atoms with E-state index in [1.54, 1.807) is 12.1 Å². The Bertz CT molecular complexity index is 966. The van der Waals surface area contributed by atoms with E-state index in [0.717, 1.165) is 12.7 Å². The van der Waals surface area contributed by atoms with Crippen LogP contribution in [-0.4, -0.2) is 67.5 Å². The third kappa shape index (κ3) is 5.80. The monoisotopic (exact) mass is 488 g/mol. The van der Waals surface area contributed by atoms with Gasteiger partial charge in [-0.25, -0.2) is 9.18 Å². The molecule has 0 saturated carbocycles. The number of ether oxygens (including phenoxy) is 1. The number of amides is 1. The van der Waals surface area contributed by atoms with Gasteiger partial charge in [0.1, 0.15) is 18.5 Å². The zero-order chi connectivity index (χ0) is 23.9. The Labute approximate surface area is 190 Å². The molecule has 0 N–H and O–H groups in total. The number of hydrogen-bond donors (Lipinski definition) is 0. The fraction of sp³-hybridized carbons (Fsp3) is 0.667. The molecule has 2 aliphatic rings. The summed E-state index contributed by atoms with van der Waals surface area (Å²) in [5.74, 6) is -0.431. The van der Waals surface area contributed by atoms with Gasteiger partial charge in [0, 0.05) is 13.1 Å². The molecule has 1 unspecified atom stereocenters. The van der Waals surface area contributed by atoms with Crippen LogP contribution in [0.5, 0.6) is 0 Å². The molecule has 11 heteroatoms. The topological polar surface area (TPSA) is 85.4 Å². The minimum absolute atomic E-state index is 0.0686. The molecule has 2 aliphatic heterocycles. The van der Waals surface area contributed by atoms with E-state index < -0.39 is 36.4 Å². The Morgan fingerprint density at radius 2 is 1.94 bits per heavy atom. The Morgan fingerprint density at radius 1 is 1.25 bits per heavy atom. The van der Waals surface area contributed by atoms with E-state index in [0.29, 0.717) is 24.5 Å². The molecule has 0 bridgehead atoms. The lowest BCUT2D eigenvalue weighted by atomic mass is 10.2. The molecular formula is C21H33FN2O6SSi. The fourth-order valence-corrected chi connectivity index (χ4v) is 5.35. The van der Waals surface area contributed by atoms with Crippen molar-refractivity contribution in [1.29, 1.82) is 0 Å². The number of cyclic esters (lactones) is 1. The van der Waals surface area contributed by atoms with Crippen molar-refractivity contribution in [3.8, 4) is 0 Å². The van der Waals surface area contributed by atoms with Gasteiger partial charge in [0.25, 0.3) is 10.1 Å². The summed E-state index contributed by atoms with van der Waals surface area (Å²) < 4.78 is 53.6. The molecule has 2 heterocycles. The van der Waals surface area contributed by atoms with Gasteiger partial charge in [-0.05, 0) is 42.8 Å². The standard InChI is InChI=1S/C21H33FN2O6SSi/c1-21(2,3)32(5,6)30-16-9-10-23(12-16)19-8-7-15(11-18(19)22)24-13-17(29-20(24)25)14-28-31(4,26)27/h7-8,11,16-17H,9-10,12-14H2,1-6H3/t16?,17-/m0/s1. The number of carbonyl (C=O) groups is 1. The first-order valence-corrected chi connectivity index (χ1v) is 15.4. The Kier molecular flexibility index (Phi) is 6.95. The highest BCUT2D eigenvalue weighted by Gasteiger charge is 2.41. The number of benzene rings is 1. The van der Waals surface area contributed by atoms with Gasteiger partial charge >= 0.3 is 6.09 Å². The maximum atomic E-state index is 15.0. The van der Waals surface area contributed by atoms with Crippen LogP contribution in [0.1, 0.15) is 27.2 Å². The third-order valence-corrected chi connectivity index (χ3v) is 11.4. The second-order valence-electron chi connectivity index (χ2n) is 9.98. The van der Waals surface area contributed by atoms with Crippen molar-refractivity contribution in [3.63, 3.8) is 0 Å². The molecule has 32 heavy (non-hydrogen) atoms. The molecule has 0 spiro atoms. The molecular weight excluding hydrogens is 455 g/mol. The van der Waals surface area contributed by atoms with Crippen LogP contribution >= 0.6 is 0 Å². The molecule has 1 aromatic carbocycles. The molecule has 1 aromatic rings. The number of anilines is 2. The molecule has 2 saturated heterocycles. The Balaban J connectivity index is 1.64. The summed E-state index contributed by atoms with van der Waals surface area (Å²) in [4.78, 5) is 15.4. The summed E-state index contributed by atoms with van der Waals surface area (Å²) >= 11 is 0. The normalized spacial score (nSPS) is 22.5. The molecule has 0 radical (unpaired) electrons. The Morgan fingerprint density at radius 3 is 2.53 bits per heavy atom. The zero-order valence-electron chi connectivity index (χ0n) is 19.6. The van der Waals surface area contributed by atoms with E-state index in [9.17, 15) is 17.6 Å². The van der Waals surface area contributed by atoms with Crippen LogP contribution in [0.2, 0.25) is 18.1 Å². The number of hydrogen-bond acceptors (Lipinski definition) is 7. The van der Waals surface area contributed by atoms with E-state index in [2.05, 4.69) is 33.9 Å². The van der Waals surface area contributed by atoms with Crippen LogP contribution in [0, 0.1) is 5.82 Å². The van der Waals surface area contributed by atoms with Crippen molar-refractivity contribution in [2.45, 2.75) is 57.5 Å². The van der Waals surface area contributed by atoms with Crippen LogP contribution in [0.3, 0.4) is 0 Å². The highest BCUT2D eigenvalue weighted by atomic mass is 32.2. The van der Waals surface area contributed by atoms with Crippen molar-refractivity contribution in [2.75, 3.05) is 42.3 Å². The molecule has 1 amide bonds. The average molecular weight is 489 g/mol. The van der Waals surface area contributed by atoms with Crippen molar-refractivity contribution in [3.05, 3.63) is 24.0 Å². The van der Waals surface area contributed by atoms with Crippen LogP contribution in [0.25, 0.3) is 0 Å². The van der Waals surface area contributed by atoms with Crippen molar-refractivity contribution in [2.24, 2.45) is 0 Å². The minimum atomic E-state index is -3.64. The number of nitrogens with zero attached hydrogens (tertiary/aromatic N) is 2. The third-order valence-electron chi connectivity index (χ3n) is 6.34. The maximum Gasteiger partial charge on any atom is 0.414 e. The highest BCUT2D eigenvalue weighted by molar-refractivity contribution is 7.85.